The second-order valence-corrected chi connectivity index (χ2v) is 6.98. The van der Waals surface area contributed by atoms with E-state index in [1.807, 2.05) is 13.8 Å². The average Bonchev–Trinajstić information content (AvgIpc) is 2.56. The molecule has 0 radical (unpaired) electrons. The van der Waals surface area contributed by atoms with E-state index in [0.29, 0.717) is 0 Å². The lowest BCUT2D eigenvalue weighted by Crippen LogP contribution is -2.58. The Morgan fingerprint density at radius 1 is 1.42 bits per heavy atom. The molecule has 9 heteroatoms. The number of aromatic nitrogens is 1. The van der Waals surface area contributed by atoms with Gasteiger partial charge in [-0.15, -0.1) is 0 Å². The van der Waals surface area contributed by atoms with Gasteiger partial charge in [-0.05, 0) is 42.2 Å². The number of esters is 1. The van der Waals surface area contributed by atoms with Crippen molar-refractivity contribution in [2.75, 3.05) is 11.5 Å². The van der Waals surface area contributed by atoms with E-state index in [4.69, 9.17) is 9.47 Å². The first-order valence-electron chi connectivity index (χ1n) is 8.43. The van der Waals surface area contributed by atoms with Crippen LogP contribution in [0.2, 0.25) is 0 Å². The smallest absolute Gasteiger partial charge is 0.366 e. The molecule has 0 saturated heterocycles. The van der Waals surface area contributed by atoms with E-state index < -0.39 is 34.3 Å². The lowest BCUT2D eigenvalue weighted by molar-refractivity contribution is -0.389. The number of ether oxygens (including phenoxy) is 2. The van der Waals surface area contributed by atoms with Gasteiger partial charge >= 0.3 is 11.8 Å². The molecule has 26 heavy (non-hydrogen) atoms. The maximum atomic E-state index is 12.9. The molecular weight excluding hydrogens is 342 g/mol. The molecule has 1 amide bonds. The molecule has 1 aliphatic rings. The third-order valence-corrected chi connectivity index (χ3v) is 3.87. The van der Waals surface area contributed by atoms with E-state index in [-0.39, 0.29) is 30.5 Å². The van der Waals surface area contributed by atoms with Crippen molar-refractivity contribution in [3.63, 3.8) is 0 Å². The van der Waals surface area contributed by atoms with E-state index in [9.17, 15) is 19.7 Å². The Morgan fingerprint density at radius 2 is 2.08 bits per heavy atom. The maximum Gasteiger partial charge on any atom is 0.366 e. The fraction of sp³-hybridized carbons (Fsp3) is 0.588. The number of pyridine rings is 1. The highest BCUT2D eigenvalue weighted by atomic mass is 16.6. The summed E-state index contributed by atoms with van der Waals surface area (Å²) in [5.41, 5.74) is -1.24. The molecule has 0 aromatic carbocycles. The first-order valence-corrected chi connectivity index (χ1v) is 8.43. The Morgan fingerprint density at radius 3 is 2.62 bits per heavy atom. The Balaban J connectivity index is 2.50. The lowest BCUT2D eigenvalue weighted by Gasteiger charge is -2.38. The van der Waals surface area contributed by atoms with Crippen molar-refractivity contribution in [2.24, 2.45) is 5.92 Å². The Kier molecular flexibility index (Phi) is 5.48. The van der Waals surface area contributed by atoms with Crippen molar-refractivity contribution in [3.8, 4) is 5.75 Å². The van der Waals surface area contributed by atoms with Crippen molar-refractivity contribution in [1.82, 2.24) is 4.98 Å². The van der Waals surface area contributed by atoms with Crippen LogP contribution in [0, 0.1) is 16.0 Å². The first kappa shape index (κ1) is 19.6. The molecule has 0 spiro atoms. The van der Waals surface area contributed by atoms with Gasteiger partial charge in [0, 0.05) is 6.07 Å². The molecule has 2 rings (SSSR count). The normalized spacial score (nSPS) is 16.7. The molecule has 0 bridgehead atoms. The third kappa shape index (κ3) is 3.76. The van der Waals surface area contributed by atoms with Crippen molar-refractivity contribution in [3.05, 3.63) is 22.2 Å². The van der Waals surface area contributed by atoms with Gasteiger partial charge in [-0.3, -0.25) is 9.69 Å². The van der Waals surface area contributed by atoms with E-state index in [0.717, 1.165) is 4.90 Å². The molecule has 1 aromatic rings. The fourth-order valence-electron chi connectivity index (χ4n) is 2.57. The summed E-state index contributed by atoms with van der Waals surface area (Å²) < 4.78 is 10.9. The number of nitro groups is 1. The van der Waals surface area contributed by atoms with Gasteiger partial charge in [-0.2, -0.15) is 0 Å². The van der Waals surface area contributed by atoms with Crippen molar-refractivity contribution >= 4 is 23.5 Å². The van der Waals surface area contributed by atoms with Crippen LogP contribution in [0.3, 0.4) is 0 Å². The molecular formula is C17H23N3O6. The summed E-state index contributed by atoms with van der Waals surface area (Å²) in [6, 6.07) is 1.63. The van der Waals surface area contributed by atoms with Crippen LogP contribution in [0.5, 0.6) is 5.75 Å². The number of fused-ring (bicyclic) bond motifs is 1. The minimum absolute atomic E-state index is 0.0446. The van der Waals surface area contributed by atoms with Crippen LogP contribution in [-0.2, 0) is 14.3 Å². The molecule has 0 saturated carbocycles. The number of hydrogen-bond acceptors (Lipinski definition) is 7. The quantitative estimate of drug-likeness (QED) is 0.432. The number of rotatable bonds is 6. The molecule has 0 fully saturated rings. The van der Waals surface area contributed by atoms with Gasteiger partial charge in [-0.1, -0.05) is 20.8 Å². The minimum atomic E-state index is -1.24. The van der Waals surface area contributed by atoms with Crippen LogP contribution >= 0.6 is 0 Å². The lowest BCUT2D eigenvalue weighted by atomic mass is 10.0. The molecule has 0 N–H and O–H groups in total. The van der Waals surface area contributed by atoms with Crippen molar-refractivity contribution < 1.29 is 24.0 Å². The molecule has 142 valence electrons. The predicted octanol–water partition coefficient (Wildman–Crippen LogP) is 2.47. The van der Waals surface area contributed by atoms with Crippen LogP contribution in [0.1, 0.15) is 41.0 Å². The number of amides is 1. The van der Waals surface area contributed by atoms with Gasteiger partial charge in [-0.25, -0.2) is 4.79 Å². The minimum Gasteiger partial charge on any atom is -0.472 e. The van der Waals surface area contributed by atoms with Crippen LogP contribution in [0.25, 0.3) is 0 Å². The molecule has 9 nitrogen and oxygen atoms in total. The predicted molar refractivity (Wildman–Crippen MR) is 93.0 cm³/mol. The Labute approximate surface area is 151 Å². The highest BCUT2D eigenvalue weighted by Crippen LogP contribution is 2.39. The summed E-state index contributed by atoms with van der Waals surface area (Å²) in [6.07, 6.45) is 0.266. The highest BCUT2D eigenvalue weighted by Gasteiger charge is 2.48. The second-order valence-electron chi connectivity index (χ2n) is 6.98. The number of carbonyl (C=O) groups excluding carboxylic acids is 2. The first-order chi connectivity index (χ1) is 12.1. The van der Waals surface area contributed by atoms with Crippen LogP contribution in [0.4, 0.5) is 11.6 Å². The topological polar surface area (TPSA) is 112 Å². The molecule has 0 aliphatic carbocycles. The Hall–Kier alpha value is -2.71. The molecule has 2 heterocycles. The molecule has 1 aromatic heterocycles. The van der Waals surface area contributed by atoms with E-state index >= 15 is 0 Å². The van der Waals surface area contributed by atoms with Gasteiger partial charge < -0.3 is 19.6 Å². The highest BCUT2D eigenvalue weighted by molar-refractivity contribution is 6.05. The van der Waals surface area contributed by atoms with E-state index in [2.05, 4.69) is 4.98 Å². The number of anilines is 1. The molecule has 1 atom stereocenters. The standard InChI is InChI=1S/C17H23N3O6/c1-6-11(15(21)25-9-10(2)3)19-14-12(26-17(4,5)16(19)22)7-8-13(18-14)20(23)24/h7-8,10-11H,6,9H2,1-5H3. The number of hydrogen-bond donors (Lipinski definition) is 0. The summed E-state index contributed by atoms with van der Waals surface area (Å²) >= 11 is 0. The van der Waals surface area contributed by atoms with Crippen LogP contribution in [0.15, 0.2) is 12.1 Å². The van der Waals surface area contributed by atoms with E-state index in [1.54, 1.807) is 20.8 Å². The van der Waals surface area contributed by atoms with Gasteiger partial charge in [0.25, 0.3) is 11.7 Å². The number of carbonyl (C=O) groups is 2. The molecule has 1 unspecified atom stereocenters. The summed E-state index contributed by atoms with van der Waals surface area (Å²) in [4.78, 5) is 40.9. The SMILES string of the molecule is CCC(C(=O)OCC(C)C)N1C(=O)C(C)(C)Oc2ccc([N+](=O)[O-])nc21. The zero-order valence-electron chi connectivity index (χ0n) is 15.5. The summed E-state index contributed by atoms with van der Waals surface area (Å²) in [5, 5.41) is 11.1. The van der Waals surface area contributed by atoms with Crippen LogP contribution < -0.4 is 9.64 Å². The van der Waals surface area contributed by atoms with Gasteiger partial charge in [0.1, 0.15) is 6.04 Å². The summed E-state index contributed by atoms with van der Waals surface area (Å²) in [5.74, 6) is -1.22. The van der Waals surface area contributed by atoms with Crippen LogP contribution in [-0.4, -0.2) is 40.0 Å². The number of nitrogens with zero attached hydrogens (tertiary/aromatic N) is 3. The largest absolute Gasteiger partial charge is 0.472 e. The monoisotopic (exact) mass is 365 g/mol. The second kappa shape index (κ2) is 7.27. The zero-order chi connectivity index (χ0) is 19.6. The van der Waals surface area contributed by atoms with E-state index in [1.165, 1.54) is 12.1 Å². The maximum absolute atomic E-state index is 12.9. The van der Waals surface area contributed by atoms with Gasteiger partial charge in [0.15, 0.2) is 11.4 Å². The average molecular weight is 365 g/mol. The summed E-state index contributed by atoms with van der Waals surface area (Å²) in [7, 11) is 0. The molecule has 1 aliphatic heterocycles. The van der Waals surface area contributed by atoms with Gasteiger partial charge in [0.2, 0.25) is 0 Å². The summed E-state index contributed by atoms with van der Waals surface area (Å²) in [6.45, 7) is 8.88. The van der Waals surface area contributed by atoms with Crippen molar-refractivity contribution in [2.45, 2.75) is 52.7 Å². The Bertz CT molecular complexity index is 731. The zero-order valence-corrected chi connectivity index (χ0v) is 15.5. The fourth-order valence-corrected chi connectivity index (χ4v) is 2.57. The van der Waals surface area contributed by atoms with Gasteiger partial charge in [0.05, 0.1) is 6.61 Å². The van der Waals surface area contributed by atoms with Crippen molar-refractivity contribution in [1.29, 1.82) is 0 Å². The third-order valence-electron chi connectivity index (χ3n) is 3.87.